The average Bonchev–Trinajstić information content (AvgIpc) is 2.63. The van der Waals surface area contributed by atoms with Gasteiger partial charge in [-0.1, -0.05) is 6.92 Å². The first-order chi connectivity index (χ1) is 4.34. The molecule has 0 saturated heterocycles. The molecule has 0 aromatic rings. The van der Waals surface area contributed by atoms with Crippen LogP contribution in [0.25, 0.3) is 0 Å². The molecule has 0 bridgehead atoms. The van der Waals surface area contributed by atoms with Crippen molar-refractivity contribution in [3.63, 3.8) is 0 Å². The van der Waals surface area contributed by atoms with Crippen LogP contribution < -0.4 is 0 Å². The van der Waals surface area contributed by atoms with Crippen molar-refractivity contribution in [3.05, 3.63) is 0 Å². The second-order valence-electron chi connectivity index (χ2n) is 3.06. The van der Waals surface area contributed by atoms with Crippen molar-refractivity contribution in [2.75, 3.05) is 0 Å². The Labute approximate surface area is 57.7 Å². The molecule has 1 aliphatic carbocycles. The summed E-state index contributed by atoms with van der Waals surface area (Å²) in [5, 5.41) is 0. The number of rotatable bonds is 3. The zero-order chi connectivity index (χ0) is 6.69. The molecule has 1 aliphatic rings. The van der Waals surface area contributed by atoms with E-state index < -0.39 is 0 Å². The number of terminal acetylenes is 1. The van der Waals surface area contributed by atoms with Gasteiger partial charge in [0.05, 0.1) is 0 Å². The van der Waals surface area contributed by atoms with E-state index in [9.17, 15) is 0 Å². The minimum Gasteiger partial charge on any atom is -0.120 e. The summed E-state index contributed by atoms with van der Waals surface area (Å²) in [5.74, 6) is 4.60. The maximum atomic E-state index is 5.15. The maximum Gasteiger partial charge on any atom is 0.00886 e. The minimum absolute atomic E-state index is 0.890. The molecule has 1 unspecified atom stereocenters. The predicted octanol–water partition coefficient (Wildman–Crippen LogP) is 2.45. The maximum absolute atomic E-state index is 5.15. The summed E-state index contributed by atoms with van der Waals surface area (Å²) in [7, 11) is 0. The van der Waals surface area contributed by atoms with E-state index in [1.807, 2.05) is 0 Å². The number of hydrogen-bond donors (Lipinski definition) is 0. The van der Waals surface area contributed by atoms with Gasteiger partial charge in [0.25, 0.3) is 0 Å². The largest absolute Gasteiger partial charge is 0.120 e. The molecule has 0 aromatic heterocycles. The van der Waals surface area contributed by atoms with Crippen molar-refractivity contribution < 1.29 is 0 Å². The van der Waals surface area contributed by atoms with Crippen LogP contribution in [-0.4, -0.2) is 0 Å². The topological polar surface area (TPSA) is 0 Å². The SMILES string of the molecule is C#CCCC(C)C1CC1. The number of hydrogen-bond acceptors (Lipinski definition) is 0. The van der Waals surface area contributed by atoms with E-state index in [2.05, 4.69) is 12.8 Å². The van der Waals surface area contributed by atoms with Crippen LogP contribution in [-0.2, 0) is 0 Å². The van der Waals surface area contributed by atoms with Gasteiger partial charge >= 0.3 is 0 Å². The lowest BCUT2D eigenvalue weighted by molar-refractivity contribution is 0.478. The van der Waals surface area contributed by atoms with Crippen molar-refractivity contribution in [2.45, 2.75) is 32.6 Å². The third-order valence-corrected chi connectivity index (χ3v) is 2.17. The third-order valence-electron chi connectivity index (χ3n) is 2.17. The van der Waals surface area contributed by atoms with Crippen LogP contribution in [0.4, 0.5) is 0 Å². The first kappa shape index (κ1) is 6.68. The minimum atomic E-state index is 0.890. The highest BCUT2D eigenvalue weighted by atomic mass is 14.3. The highest BCUT2D eigenvalue weighted by Crippen LogP contribution is 2.38. The smallest absolute Gasteiger partial charge is 0.00886 e. The Hall–Kier alpha value is -0.440. The fraction of sp³-hybridized carbons (Fsp3) is 0.778. The normalized spacial score (nSPS) is 20.9. The Kier molecular flexibility index (Phi) is 2.16. The molecular formula is C9H14. The molecule has 0 nitrogen and oxygen atoms in total. The molecule has 9 heavy (non-hydrogen) atoms. The van der Waals surface area contributed by atoms with Gasteiger partial charge < -0.3 is 0 Å². The van der Waals surface area contributed by atoms with Crippen LogP contribution in [0, 0.1) is 24.2 Å². The lowest BCUT2D eigenvalue weighted by Gasteiger charge is -2.04. The van der Waals surface area contributed by atoms with Crippen molar-refractivity contribution in [3.8, 4) is 12.3 Å². The standard InChI is InChI=1S/C9H14/c1-3-4-5-8(2)9-6-7-9/h1,8-9H,4-7H2,2H3. The van der Waals surface area contributed by atoms with Crippen molar-refractivity contribution in [1.82, 2.24) is 0 Å². The van der Waals surface area contributed by atoms with E-state index in [0.29, 0.717) is 0 Å². The molecule has 50 valence electrons. The summed E-state index contributed by atoms with van der Waals surface area (Å²) >= 11 is 0. The molecule has 1 atom stereocenters. The summed E-state index contributed by atoms with van der Waals surface area (Å²) in [4.78, 5) is 0. The summed E-state index contributed by atoms with van der Waals surface area (Å²) in [6.45, 7) is 2.31. The van der Waals surface area contributed by atoms with Gasteiger partial charge in [0.2, 0.25) is 0 Å². The molecule has 0 aromatic carbocycles. The molecule has 0 heterocycles. The molecule has 0 N–H and O–H groups in total. The van der Waals surface area contributed by atoms with E-state index in [-0.39, 0.29) is 0 Å². The Morgan fingerprint density at radius 3 is 2.78 bits per heavy atom. The van der Waals surface area contributed by atoms with Crippen LogP contribution in [0.5, 0.6) is 0 Å². The second kappa shape index (κ2) is 2.92. The monoisotopic (exact) mass is 122 g/mol. The zero-order valence-corrected chi connectivity index (χ0v) is 6.06. The van der Waals surface area contributed by atoms with Crippen LogP contribution in [0.15, 0.2) is 0 Å². The van der Waals surface area contributed by atoms with Gasteiger partial charge in [-0.15, -0.1) is 12.3 Å². The van der Waals surface area contributed by atoms with Crippen LogP contribution in [0.1, 0.15) is 32.6 Å². The zero-order valence-electron chi connectivity index (χ0n) is 6.06. The van der Waals surface area contributed by atoms with Gasteiger partial charge in [0.1, 0.15) is 0 Å². The average molecular weight is 122 g/mol. The molecule has 1 rings (SSSR count). The molecule has 1 fully saturated rings. The Bertz CT molecular complexity index is 114. The second-order valence-corrected chi connectivity index (χ2v) is 3.06. The first-order valence-corrected chi connectivity index (χ1v) is 3.78. The van der Waals surface area contributed by atoms with Gasteiger partial charge in [0.15, 0.2) is 0 Å². The molecule has 0 radical (unpaired) electrons. The van der Waals surface area contributed by atoms with Gasteiger partial charge in [-0.05, 0) is 31.1 Å². The molecule has 1 saturated carbocycles. The molecular weight excluding hydrogens is 108 g/mol. The van der Waals surface area contributed by atoms with Crippen LogP contribution >= 0.6 is 0 Å². The Balaban J connectivity index is 2.04. The Morgan fingerprint density at radius 1 is 1.67 bits per heavy atom. The lowest BCUT2D eigenvalue weighted by Crippen LogP contribution is -1.94. The van der Waals surface area contributed by atoms with E-state index in [1.54, 1.807) is 0 Å². The first-order valence-electron chi connectivity index (χ1n) is 3.78. The molecule has 0 heteroatoms. The van der Waals surface area contributed by atoms with Crippen molar-refractivity contribution in [1.29, 1.82) is 0 Å². The van der Waals surface area contributed by atoms with E-state index >= 15 is 0 Å². The van der Waals surface area contributed by atoms with Crippen molar-refractivity contribution in [2.24, 2.45) is 11.8 Å². The summed E-state index contributed by atoms with van der Waals surface area (Å²) in [5.41, 5.74) is 0. The fourth-order valence-corrected chi connectivity index (χ4v) is 1.21. The fourth-order valence-electron chi connectivity index (χ4n) is 1.21. The summed E-state index contributed by atoms with van der Waals surface area (Å²) in [6, 6.07) is 0. The highest BCUT2D eigenvalue weighted by molar-refractivity contribution is 4.86. The predicted molar refractivity (Wildman–Crippen MR) is 40.0 cm³/mol. The summed E-state index contributed by atoms with van der Waals surface area (Å²) in [6.07, 6.45) is 10.3. The van der Waals surface area contributed by atoms with Crippen LogP contribution in [0.2, 0.25) is 0 Å². The van der Waals surface area contributed by atoms with Crippen LogP contribution in [0.3, 0.4) is 0 Å². The van der Waals surface area contributed by atoms with Gasteiger partial charge in [0, 0.05) is 6.42 Å². The van der Waals surface area contributed by atoms with E-state index in [1.165, 1.54) is 19.3 Å². The van der Waals surface area contributed by atoms with E-state index in [4.69, 9.17) is 6.42 Å². The quantitative estimate of drug-likeness (QED) is 0.504. The molecule has 0 aliphatic heterocycles. The van der Waals surface area contributed by atoms with Gasteiger partial charge in [-0.2, -0.15) is 0 Å². The lowest BCUT2D eigenvalue weighted by atomic mass is 10.0. The van der Waals surface area contributed by atoms with Gasteiger partial charge in [-0.3, -0.25) is 0 Å². The molecule has 0 spiro atoms. The van der Waals surface area contributed by atoms with E-state index in [0.717, 1.165) is 18.3 Å². The summed E-state index contributed by atoms with van der Waals surface area (Å²) < 4.78 is 0. The highest BCUT2D eigenvalue weighted by Gasteiger charge is 2.26. The Morgan fingerprint density at radius 2 is 2.33 bits per heavy atom. The third kappa shape index (κ3) is 2.10. The van der Waals surface area contributed by atoms with Crippen molar-refractivity contribution >= 4 is 0 Å². The molecule has 0 amide bonds. The van der Waals surface area contributed by atoms with Gasteiger partial charge in [-0.25, -0.2) is 0 Å².